The molecule has 0 N–H and O–H groups in total. The van der Waals surface area contributed by atoms with E-state index >= 15 is 0 Å². The van der Waals surface area contributed by atoms with Crippen LogP contribution in [0, 0.1) is 17.8 Å². The third-order valence-electron chi connectivity index (χ3n) is 7.19. The number of benzene rings is 4. The van der Waals surface area contributed by atoms with Gasteiger partial charge < -0.3 is 9.47 Å². The minimum atomic E-state index is -0.368. The Morgan fingerprint density at radius 2 is 1.38 bits per heavy atom. The quantitative estimate of drug-likeness (QED) is 0.0807. The van der Waals surface area contributed by atoms with Gasteiger partial charge in [-0.1, -0.05) is 95.4 Å². The molecule has 0 saturated heterocycles. The first-order valence-corrected chi connectivity index (χ1v) is 14.5. The second-order valence-corrected chi connectivity index (χ2v) is 10.5. The highest BCUT2D eigenvalue weighted by atomic mass is 16.5. The van der Waals surface area contributed by atoms with Crippen LogP contribution >= 0.6 is 0 Å². The minimum Gasteiger partial charge on any atom is -0.493 e. The lowest BCUT2D eigenvalue weighted by Gasteiger charge is -2.12. The van der Waals surface area contributed by atoms with Gasteiger partial charge >= 0.3 is 5.97 Å². The van der Waals surface area contributed by atoms with Gasteiger partial charge in [0.05, 0.1) is 12.2 Å². The fraction of sp³-hybridized carbons (Fsp3) is 0.361. The highest BCUT2D eigenvalue weighted by Crippen LogP contribution is 2.26. The van der Waals surface area contributed by atoms with Gasteiger partial charge in [-0.25, -0.2) is 4.79 Å². The number of hydrogen-bond acceptors (Lipinski definition) is 3. The Morgan fingerprint density at radius 1 is 0.744 bits per heavy atom. The molecule has 0 fully saturated rings. The van der Waals surface area contributed by atoms with E-state index in [1.165, 1.54) is 38.5 Å². The van der Waals surface area contributed by atoms with E-state index in [-0.39, 0.29) is 5.97 Å². The molecule has 0 radical (unpaired) electrons. The molecule has 0 heterocycles. The van der Waals surface area contributed by atoms with Crippen molar-refractivity contribution in [2.75, 3.05) is 6.61 Å². The summed E-state index contributed by atoms with van der Waals surface area (Å²) < 4.78 is 11.6. The third kappa shape index (κ3) is 8.36. The third-order valence-corrected chi connectivity index (χ3v) is 7.19. The molecule has 1 atom stereocenters. The van der Waals surface area contributed by atoms with Gasteiger partial charge in [0.25, 0.3) is 0 Å². The zero-order valence-corrected chi connectivity index (χ0v) is 23.6. The first-order chi connectivity index (χ1) is 19.1. The first-order valence-electron chi connectivity index (χ1n) is 14.5. The smallest absolute Gasteiger partial charge is 0.343 e. The van der Waals surface area contributed by atoms with Crippen molar-refractivity contribution >= 4 is 27.5 Å². The van der Waals surface area contributed by atoms with Crippen LogP contribution in [0.2, 0.25) is 0 Å². The van der Waals surface area contributed by atoms with Crippen molar-refractivity contribution in [3.05, 3.63) is 83.9 Å². The van der Waals surface area contributed by atoms with Crippen LogP contribution in [-0.4, -0.2) is 12.6 Å². The number of esters is 1. The number of ether oxygens (including phenoxy) is 2. The fourth-order valence-corrected chi connectivity index (χ4v) is 4.49. The van der Waals surface area contributed by atoms with Crippen LogP contribution < -0.4 is 9.47 Å². The van der Waals surface area contributed by atoms with Gasteiger partial charge in [0, 0.05) is 12.0 Å². The molecule has 3 nitrogen and oxygen atoms in total. The van der Waals surface area contributed by atoms with Gasteiger partial charge in [-0.05, 0) is 82.4 Å². The molecule has 0 aliphatic carbocycles. The number of hydrogen-bond donors (Lipinski definition) is 0. The summed E-state index contributed by atoms with van der Waals surface area (Å²) in [6.45, 7) is 7.30. The van der Waals surface area contributed by atoms with Gasteiger partial charge in [0.15, 0.2) is 0 Å². The topological polar surface area (TPSA) is 35.5 Å². The van der Waals surface area contributed by atoms with E-state index in [0.29, 0.717) is 23.8 Å². The van der Waals surface area contributed by atoms with Crippen molar-refractivity contribution in [1.29, 1.82) is 0 Å². The van der Waals surface area contributed by atoms with E-state index in [9.17, 15) is 4.79 Å². The number of fused-ring (bicyclic) bond motifs is 2. The number of rotatable bonds is 12. The van der Waals surface area contributed by atoms with E-state index in [1.54, 1.807) is 0 Å². The average Bonchev–Trinajstić information content (AvgIpc) is 2.96. The fourth-order valence-electron chi connectivity index (χ4n) is 4.49. The maximum atomic E-state index is 12.9. The second-order valence-electron chi connectivity index (χ2n) is 10.5. The van der Waals surface area contributed by atoms with Crippen LogP contribution in [0.15, 0.2) is 72.8 Å². The zero-order valence-electron chi connectivity index (χ0n) is 23.6. The summed E-state index contributed by atoms with van der Waals surface area (Å²) in [6.07, 6.45) is 9.73. The molecular weight excluding hydrogens is 480 g/mol. The molecule has 39 heavy (non-hydrogen) atoms. The number of carbonyl (C=O) groups is 1. The van der Waals surface area contributed by atoms with E-state index in [2.05, 4.69) is 38.7 Å². The van der Waals surface area contributed by atoms with Gasteiger partial charge in [-0.3, -0.25) is 0 Å². The zero-order chi connectivity index (χ0) is 27.5. The standard InChI is InChI=1S/C36H40O3/c1-4-6-7-8-9-10-11-12-13-28-14-15-30-23-33(17-16-29(30)22-28)36(37)39-35-21-19-31-24-34(20-18-32(31)25-35)38-26-27(3)5-2/h14-25,27H,4-11,26H2,1-3H3. The molecule has 0 aliphatic rings. The van der Waals surface area contributed by atoms with E-state index < -0.39 is 0 Å². The van der Waals surface area contributed by atoms with E-state index in [4.69, 9.17) is 9.47 Å². The van der Waals surface area contributed by atoms with Gasteiger partial charge in [-0.15, -0.1) is 0 Å². The summed E-state index contributed by atoms with van der Waals surface area (Å²) in [5.74, 6) is 8.14. The van der Waals surface area contributed by atoms with Crippen molar-refractivity contribution < 1.29 is 14.3 Å². The molecule has 4 aromatic rings. The summed E-state index contributed by atoms with van der Waals surface area (Å²) in [5, 5.41) is 4.11. The summed E-state index contributed by atoms with van der Waals surface area (Å²) in [6, 6.07) is 23.5. The lowest BCUT2D eigenvalue weighted by atomic mass is 10.0. The van der Waals surface area contributed by atoms with Crippen molar-refractivity contribution in [2.45, 2.75) is 72.1 Å². The maximum absolute atomic E-state index is 12.9. The van der Waals surface area contributed by atoms with Crippen LogP contribution in [0.5, 0.6) is 11.5 Å². The molecule has 0 saturated carbocycles. The Bertz CT molecular complexity index is 1460. The highest BCUT2D eigenvalue weighted by molar-refractivity contribution is 5.97. The maximum Gasteiger partial charge on any atom is 0.343 e. The number of carbonyl (C=O) groups excluding carboxylic acids is 1. The van der Waals surface area contributed by atoms with Crippen molar-refractivity contribution in [3.8, 4) is 23.3 Å². The van der Waals surface area contributed by atoms with Crippen LogP contribution in [0.3, 0.4) is 0 Å². The molecule has 0 spiro atoms. The van der Waals surface area contributed by atoms with Gasteiger partial charge in [0.2, 0.25) is 0 Å². The molecule has 4 aromatic carbocycles. The molecule has 3 heteroatoms. The van der Waals surface area contributed by atoms with Gasteiger partial charge in [-0.2, -0.15) is 0 Å². The lowest BCUT2D eigenvalue weighted by Crippen LogP contribution is -2.08. The average molecular weight is 521 g/mol. The largest absolute Gasteiger partial charge is 0.493 e. The van der Waals surface area contributed by atoms with Crippen LogP contribution in [0.4, 0.5) is 0 Å². The SMILES string of the molecule is CCCCCCCCC#Cc1ccc2cc(C(=O)Oc3ccc4cc(OCC(C)CC)ccc4c3)ccc2c1. The summed E-state index contributed by atoms with van der Waals surface area (Å²) in [5.41, 5.74) is 1.53. The molecule has 1 unspecified atom stereocenters. The van der Waals surface area contributed by atoms with E-state index in [0.717, 1.165) is 45.7 Å². The Morgan fingerprint density at radius 3 is 2.18 bits per heavy atom. The van der Waals surface area contributed by atoms with Crippen molar-refractivity contribution in [1.82, 2.24) is 0 Å². The Labute approximate surface area is 233 Å². The summed E-state index contributed by atoms with van der Waals surface area (Å²) in [4.78, 5) is 12.9. The molecule has 4 rings (SSSR count). The lowest BCUT2D eigenvalue weighted by molar-refractivity contribution is 0.0735. The monoisotopic (exact) mass is 520 g/mol. The first kappa shape index (κ1) is 28.2. The van der Waals surface area contributed by atoms with Gasteiger partial charge in [0.1, 0.15) is 11.5 Å². The van der Waals surface area contributed by atoms with Crippen molar-refractivity contribution in [3.63, 3.8) is 0 Å². The molecule has 0 amide bonds. The summed E-state index contributed by atoms with van der Waals surface area (Å²) in [7, 11) is 0. The summed E-state index contributed by atoms with van der Waals surface area (Å²) >= 11 is 0. The predicted molar refractivity (Wildman–Crippen MR) is 163 cm³/mol. The van der Waals surface area contributed by atoms with Crippen LogP contribution in [-0.2, 0) is 0 Å². The molecule has 0 aromatic heterocycles. The van der Waals surface area contributed by atoms with E-state index in [1.807, 2.05) is 66.7 Å². The number of unbranched alkanes of at least 4 members (excludes halogenated alkanes) is 6. The molecule has 202 valence electrons. The Kier molecular flexibility index (Phi) is 10.4. The predicted octanol–water partition coefficient (Wildman–Crippen LogP) is 9.74. The molecule has 0 bridgehead atoms. The normalized spacial score (nSPS) is 11.7. The van der Waals surface area contributed by atoms with Crippen LogP contribution in [0.25, 0.3) is 21.5 Å². The Balaban J connectivity index is 1.35. The van der Waals surface area contributed by atoms with Crippen LogP contribution in [0.1, 0.15) is 88.1 Å². The molecular formula is C36H40O3. The Hall–Kier alpha value is -3.77. The minimum absolute atomic E-state index is 0.368. The molecule has 0 aliphatic heterocycles. The van der Waals surface area contributed by atoms with Crippen molar-refractivity contribution in [2.24, 2.45) is 5.92 Å². The second kappa shape index (κ2) is 14.4. The highest BCUT2D eigenvalue weighted by Gasteiger charge is 2.11.